The summed E-state index contributed by atoms with van der Waals surface area (Å²) in [6, 6.07) is 8.35. The highest BCUT2D eigenvalue weighted by Gasteiger charge is 2.39. The Morgan fingerprint density at radius 3 is 2.89 bits per heavy atom. The maximum Gasteiger partial charge on any atom is 0.256 e. The Bertz CT molecular complexity index is 481. The molecule has 2 aliphatic heterocycles. The predicted molar refractivity (Wildman–Crippen MR) is 72.8 cm³/mol. The topological polar surface area (TPSA) is 41.6 Å². The van der Waals surface area contributed by atoms with E-state index in [0.29, 0.717) is 19.7 Å². The molecule has 4 heteroatoms. The molecule has 1 atom stereocenters. The highest BCUT2D eigenvalue weighted by Crippen LogP contribution is 2.23. The molecule has 1 aromatic rings. The molecule has 1 unspecified atom stereocenters. The summed E-state index contributed by atoms with van der Waals surface area (Å²) in [4.78, 5) is 14.6. The maximum absolute atomic E-state index is 12.6. The molecule has 1 aromatic carbocycles. The largest absolute Gasteiger partial charge is 0.363 e. The number of hydrogen-bond acceptors (Lipinski definition) is 3. The number of morpholine rings is 1. The number of carbonyl (C=O) groups is 1. The first kappa shape index (κ1) is 12.6. The molecular weight excluding hydrogens is 240 g/mol. The van der Waals surface area contributed by atoms with E-state index in [0.717, 1.165) is 19.5 Å². The van der Waals surface area contributed by atoms with Gasteiger partial charge in [-0.25, -0.2) is 0 Å². The van der Waals surface area contributed by atoms with Gasteiger partial charge in [0.15, 0.2) is 5.60 Å². The predicted octanol–water partition coefficient (Wildman–Crippen LogP) is 0.950. The molecule has 1 amide bonds. The van der Waals surface area contributed by atoms with Gasteiger partial charge in [-0.2, -0.15) is 0 Å². The Balaban J connectivity index is 1.75. The van der Waals surface area contributed by atoms with Crippen LogP contribution in [0.5, 0.6) is 0 Å². The quantitative estimate of drug-likeness (QED) is 0.817. The average molecular weight is 260 g/mol. The van der Waals surface area contributed by atoms with Crippen LogP contribution >= 0.6 is 0 Å². The molecule has 102 valence electrons. The van der Waals surface area contributed by atoms with Crippen LogP contribution in [0.2, 0.25) is 0 Å². The van der Waals surface area contributed by atoms with Gasteiger partial charge in [-0.1, -0.05) is 24.3 Å². The third-order valence-electron chi connectivity index (χ3n) is 4.03. The molecule has 3 rings (SSSR count). The number of rotatable bonds is 1. The van der Waals surface area contributed by atoms with Gasteiger partial charge in [-0.15, -0.1) is 0 Å². The van der Waals surface area contributed by atoms with E-state index in [9.17, 15) is 4.79 Å². The van der Waals surface area contributed by atoms with Crippen LogP contribution in [0.25, 0.3) is 0 Å². The van der Waals surface area contributed by atoms with Crippen LogP contribution in [0.1, 0.15) is 18.1 Å². The van der Waals surface area contributed by atoms with Crippen molar-refractivity contribution in [2.45, 2.75) is 25.5 Å². The van der Waals surface area contributed by atoms with E-state index >= 15 is 0 Å². The third-order valence-corrected chi connectivity index (χ3v) is 4.03. The number of nitrogens with one attached hydrogen (secondary N) is 1. The smallest absolute Gasteiger partial charge is 0.256 e. The molecule has 0 aliphatic carbocycles. The van der Waals surface area contributed by atoms with Gasteiger partial charge in [-0.3, -0.25) is 4.79 Å². The number of nitrogens with zero attached hydrogens (tertiary/aromatic N) is 1. The van der Waals surface area contributed by atoms with E-state index in [2.05, 4.69) is 23.5 Å². The molecule has 2 heterocycles. The second-order valence-electron chi connectivity index (χ2n) is 5.50. The summed E-state index contributed by atoms with van der Waals surface area (Å²) in [7, 11) is 0. The summed E-state index contributed by atoms with van der Waals surface area (Å²) >= 11 is 0. The zero-order valence-corrected chi connectivity index (χ0v) is 11.3. The minimum atomic E-state index is -0.704. The summed E-state index contributed by atoms with van der Waals surface area (Å²) in [5.74, 6) is 0.106. The molecule has 4 nitrogen and oxygen atoms in total. The van der Waals surface area contributed by atoms with Gasteiger partial charge >= 0.3 is 0 Å². The molecule has 0 spiro atoms. The Hall–Kier alpha value is -1.39. The number of ether oxygens (including phenoxy) is 1. The van der Waals surface area contributed by atoms with Crippen LogP contribution in [-0.4, -0.2) is 42.6 Å². The summed E-state index contributed by atoms with van der Waals surface area (Å²) < 4.78 is 5.71. The van der Waals surface area contributed by atoms with Crippen LogP contribution in [0, 0.1) is 0 Å². The normalized spacial score (nSPS) is 26.9. The van der Waals surface area contributed by atoms with E-state index in [4.69, 9.17) is 4.74 Å². The van der Waals surface area contributed by atoms with Crippen molar-refractivity contribution >= 4 is 5.91 Å². The first-order chi connectivity index (χ1) is 9.19. The fourth-order valence-electron chi connectivity index (χ4n) is 2.87. The molecule has 0 aromatic heterocycles. The van der Waals surface area contributed by atoms with Gasteiger partial charge in [0, 0.05) is 26.2 Å². The summed E-state index contributed by atoms with van der Waals surface area (Å²) in [6.45, 7) is 5.41. The average Bonchev–Trinajstić information content (AvgIpc) is 2.47. The molecule has 1 saturated heterocycles. The molecular formula is C15H20N2O2. The number of benzene rings is 1. The lowest BCUT2D eigenvalue weighted by molar-refractivity contribution is -0.160. The standard InChI is InChI=1S/C15H20N2O2/c1-15(11-16-7-9-19-15)14(18)17-8-6-12-4-2-3-5-13(12)10-17/h2-5,16H,6-11H2,1H3. The summed E-state index contributed by atoms with van der Waals surface area (Å²) in [5.41, 5.74) is 1.92. The Morgan fingerprint density at radius 1 is 1.37 bits per heavy atom. The summed E-state index contributed by atoms with van der Waals surface area (Å²) in [6.07, 6.45) is 0.936. The molecule has 0 bridgehead atoms. The van der Waals surface area contributed by atoms with Crippen molar-refractivity contribution in [1.82, 2.24) is 10.2 Å². The second kappa shape index (κ2) is 4.94. The van der Waals surface area contributed by atoms with E-state index in [1.54, 1.807) is 0 Å². The van der Waals surface area contributed by atoms with Crippen molar-refractivity contribution in [3.63, 3.8) is 0 Å². The zero-order valence-electron chi connectivity index (χ0n) is 11.3. The minimum absolute atomic E-state index is 0.106. The summed E-state index contributed by atoms with van der Waals surface area (Å²) in [5, 5.41) is 3.24. The SMILES string of the molecule is CC1(C(=O)N2CCc3ccccc3C2)CNCCO1. The molecule has 0 saturated carbocycles. The lowest BCUT2D eigenvalue weighted by Gasteiger charge is -2.39. The highest BCUT2D eigenvalue weighted by molar-refractivity contribution is 5.85. The molecule has 1 N–H and O–H groups in total. The van der Waals surface area contributed by atoms with E-state index in [-0.39, 0.29) is 5.91 Å². The lowest BCUT2D eigenvalue weighted by Crippen LogP contribution is -2.58. The van der Waals surface area contributed by atoms with Crippen molar-refractivity contribution in [2.75, 3.05) is 26.2 Å². The molecule has 19 heavy (non-hydrogen) atoms. The van der Waals surface area contributed by atoms with Gasteiger partial charge in [0.1, 0.15) is 0 Å². The fourth-order valence-corrected chi connectivity index (χ4v) is 2.87. The lowest BCUT2D eigenvalue weighted by atomic mass is 9.97. The number of fused-ring (bicyclic) bond motifs is 1. The molecule has 2 aliphatic rings. The highest BCUT2D eigenvalue weighted by atomic mass is 16.5. The van der Waals surface area contributed by atoms with Crippen LogP contribution in [0.3, 0.4) is 0 Å². The van der Waals surface area contributed by atoms with Crippen molar-refractivity contribution in [3.05, 3.63) is 35.4 Å². The monoisotopic (exact) mass is 260 g/mol. The first-order valence-corrected chi connectivity index (χ1v) is 6.90. The van der Waals surface area contributed by atoms with Gasteiger partial charge in [-0.05, 0) is 24.5 Å². The number of carbonyl (C=O) groups excluding carboxylic acids is 1. The van der Waals surface area contributed by atoms with Gasteiger partial charge in [0.2, 0.25) is 0 Å². The van der Waals surface area contributed by atoms with Gasteiger partial charge in [0.05, 0.1) is 6.61 Å². The zero-order chi connectivity index (χ0) is 13.3. The van der Waals surface area contributed by atoms with Gasteiger partial charge in [0.25, 0.3) is 5.91 Å². The van der Waals surface area contributed by atoms with Crippen molar-refractivity contribution in [1.29, 1.82) is 0 Å². The first-order valence-electron chi connectivity index (χ1n) is 6.90. The van der Waals surface area contributed by atoms with Crippen LogP contribution in [0.4, 0.5) is 0 Å². The Morgan fingerprint density at radius 2 is 2.16 bits per heavy atom. The number of amides is 1. The van der Waals surface area contributed by atoms with Crippen LogP contribution in [-0.2, 0) is 22.5 Å². The van der Waals surface area contributed by atoms with Crippen LogP contribution < -0.4 is 5.32 Å². The Kier molecular flexibility index (Phi) is 3.29. The fraction of sp³-hybridized carbons (Fsp3) is 0.533. The third kappa shape index (κ3) is 2.38. The van der Waals surface area contributed by atoms with Crippen molar-refractivity contribution in [2.24, 2.45) is 0 Å². The van der Waals surface area contributed by atoms with Crippen molar-refractivity contribution in [3.8, 4) is 0 Å². The second-order valence-corrected chi connectivity index (χ2v) is 5.50. The van der Waals surface area contributed by atoms with E-state index in [1.807, 2.05) is 17.9 Å². The van der Waals surface area contributed by atoms with Crippen molar-refractivity contribution < 1.29 is 9.53 Å². The van der Waals surface area contributed by atoms with Crippen LogP contribution in [0.15, 0.2) is 24.3 Å². The van der Waals surface area contributed by atoms with E-state index < -0.39 is 5.60 Å². The molecule has 0 radical (unpaired) electrons. The van der Waals surface area contributed by atoms with E-state index in [1.165, 1.54) is 11.1 Å². The maximum atomic E-state index is 12.6. The Labute approximate surface area is 113 Å². The number of hydrogen-bond donors (Lipinski definition) is 1. The minimum Gasteiger partial charge on any atom is -0.363 e. The molecule has 1 fully saturated rings. The van der Waals surface area contributed by atoms with Gasteiger partial charge < -0.3 is 15.0 Å².